The van der Waals surface area contributed by atoms with Crippen molar-refractivity contribution in [2.45, 2.75) is 38.3 Å². The van der Waals surface area contributed by atoms with Crippen molar-refractivity contribution in [2.24, 2.45) is 5.92 Å². The molecule has 0 aliphatic carbocycles. The number of amides is 2. The van der Waals surface area contributed by atoms with Gasteiger partial charge in [0, 0.05) is 22.0 Å². The number of carbonyl (C=O) groups excluding carboxylic acids is 2. The fourth-order valence-electron chi connectivity index (χ4n) is 3.68. The molecule has 0 bridgehead atoms. The highest BCUT2D eigenvalue weighted by Crippen LogP contribution is 2.26. The molecule has 1 atom stereocenters. The van der Waals surface area contributed by atoms with Crippen molar-refractivity contribution in [3.8, 4) is 0 Å². The van der Waals surface area contributed by atoms with Gasteiger partial charge in [0.2, 0.25) is 11.8 Å². The van der Waals surface area contributed by atoms with Crippen LogP contribution in [0.5, 0.6) is 0 Å². The fraction of sp³-hybridized carbons (Fsp3) is 0.286. The average Bonchev–Trinajstić information content (AvgIpc) is 2.90. The summed E-state index contributed by atoms with van der Waals surface area (Å²) < 4.78 is 30.2. The number of anilines is 1. The number of nitrogens with one attached hydrogen (secondary N) is 1. The highest BCUT2D eigenvalue weighted by atomic mass is 79.9. The highest BCUT2D eigenvalue weighted by molar-refractivity contribution is 9.10. The summed E-state index contributed by atoms with van der Waals surface area (Å²) in [7, 11) is -4.08. The van der Waals surface area contributed by atoms with Crippen molar-refractivity contribution < 1.29 is 18.0 Å². The van der Waals surface area contributed by atoms with Gasteiger partial charge in [-0.25, -0.2) is 8.42 Å². The molecule has 0 unspecified atom stereocenters. The maximum Gasteiger partial charge on any atom is 0.264 e. The van der Waals surface area contributed by atoms with Gasteiger partial charge in [0.25, 0.3) is 10.0 Å². The minimum absolute atomic E-state index is 0.0675. The monoisotopic (exact) mass is 663 g/mol. The topological polar surface area (TPSA) is 86.8 Å². The predicted molar refractivity (Wildman–Crippen MR) is 157 cm³/mol. The first-order valence-electron chi connectivity index (χ1n) is 12.1. The summed E-state index contributed by atoms with van der Waals surface area (Å²) in [5.41, 5.74) is 1.15. The molecule has 38 heavy (non-hydrogen) atoms. The van der Waals surface area contributed by atoms with Crippen LogP contribution in [-0.2, 0) is 26.2 Å². The first-order valence-corrected chi connectivity index (χ1v) is 15.2. The van der Waals surface area contributed by atoms with Crippen molar-refractivity contribution >= 4 is 59.4 Å². The zero-order chi connectivity index (χ0) is 27.9. The minimum atomic E-state index is -4.08. The Labute approximate surface area is 241 Å². The molecule has 0 fully saturated rings. The van der Waals surface area contributed by atoms with Gasteiger partial charge in [-0.3, -0.25) is 13.9 Å². The summed E-state index contributed by atoms with van der Waals surface area (Å²) in [5.74, 6) is -0.557. The minimum Gasteiger partial charge on any atom is -0.354 e. The molecule has 0 spiro atoms. The van der Waals surface area contributed by atoms with Crippen molar-refractivity contribution in [2.75, 3.05) is 17.4 Å². The van der Waals surface area contributed by atoms with Crippen LogP contribution in [-0.4, -0.2) is 44.3 Å². The molecule has 0 saturated carbocycles. The van der Waals surface area contributed by atoms with E-state index in [1.54, 1.807) is 49.4 Å². The SMILES string of the molecule is CC(C)CNC(=O)[C@@H](C)N(Cc1ccc(Br)cc1)C(=O)CN(c1ccc(Br)cc1)S(=O)(=O)c1ccccc1. The molecule has 0 aliphatic heterocycles. The number of carbonyl (C=O) groups is 2. The van der Waals surface area contributed by atoms with Gasteiger partial charge in [0.05, 0.1) is 10.6 Å². The molecular formula is C28H31Br2N3O4S. The van der Waals surface area contributed by atoms with Crippen LogP contribution >= 0.6 is 31.9 Å². The summed E-state index contributed by atoms with van der Waals surface area (Å²) in [6, 6.07) is 21.3. The van der Waals surface area contributed by atoms with Gasteiger partial charge in [-0.15, -0.1) is 0 Å². The van der Waals surface area contributed by atoms with Gasteiger partial charge in [-0.2, -0.15) is 0 Å². The molecular weight excluding hydrogens is 634 g/mol. The third kappa shape index (κ3) is 7.91. The van der Waals surface area contributed by atoms with Crippen LogP contribution in [0.15, 0.2) is 92.7 Å². The second kappa shape index (κ2) is 13.4. The molecule has 3 aromatic carbocycles. The second-order valence-electron chi connectivity index (χ2n) is 9.26. The molecule has 0 radical (unpaired) electrons. The molecule has 3 rings (SSSR count). The summed E-state index contributed by atoms with van der Waals surface area (Å²) in [5, 5.41) is 2.88. The summed E-state index contributed by atoms with van der Waals surface area (Å²) in [6.45, 7) is 5.76. The van der Waals surface area contributed by atoms with Crippen LogP contribution in [0.3, 0.4) is 0 Å². The standard InChI is InChI=1S/C28H31Br2N3O4S/c1-20(2)17-31-28(35)21(3)32(18-22-9-11-23(29)12-10-22)27(34)19-33(25-15-13-24(30)14-16-25)38(36,37)26-7-5-4-6-8-26/h4-16,20-21H,17-19H2,1-3H3,(H,31,35)/t21-/m1/s1. The number of rotatable bonds is 11. The zero-order valence-electron chi connectivity index (χ0n) is 21.5. The van der Waals surface area contributed by atoms with Crippen LogP contribution in [0.4, 0.5) is 5.69 Å². The first kappa shape index (κ1) is 29.9. The van der Waals surface area contributed by atoms with Gasteiger partial charge < -0.3 is 10.2 Å². The van der Waals surface area contributed by atoms with Crippen molar-refractivity contribution in [1.82, 2.24) is 10.2 Å². The van der Waals surface area contributed by atoms with Crippen molar-refractivity contribution in [1.29, 1.82) is 0 Å². The maximum absolute atomic E-state index is 13.8. The van der Waals surface area contributed by atoms with Crippen LogP contribution < -0.4 is 9.62 Å². The van der Waals surface area contributed by atoms with Gasteiger partial charge in [0.1, 0.15) is 12.6 Å². The number of nitrogens with zero attached hydrogens (tertiary/aromatic N) is 2. The number of halogens is 2. The lowest BCUT2D eigenvalue weighted by Gasteiger charge is -2.32. The maximum atomic E-state index is 13.8. The van der Waals surface area contributed by atoms with Crippen molar-refractivity contribution in [3.05, 3.63) is 93.4 Å². The number of benzene rings is 3. The second-order valence-corrected chi connectivity index (χ2v) is 13.0. The van der Waals surface area contributed by atoms with Crippen LogP contribution in [0.25, 0.3) is 0 Å². The van der Waals surface area contributed by atoms with Gasteiger partial charge in [0.15, 0.2) is 0 Å². The highest BCUT2D eigenvalue weighted by Gasteiger charge is 2.32. The fourth-order valence-corrected chi connectivity index (χ4v) is 5.64. The average molecular weight is 665 g/mol. The lowest BCUT2D eigenvalue weighted by Crippen LogP contribution is -2.51. The van der Waals surface area contributed by atoms with Gasteiger partial charge in [-0.05, 0) is 66.9 Å². The lowest BCUT2D eigenvalue weighted by atomic mass is 10.1. The molecule has 0 saturated heterocycles. The molecule has 1 N–H and O–H groups in total. The molecule has 0 heterocycles. The van der Waals surface area contributed by atoms with E-state index in [9.17, 15) is 18.0 Å². The Morgan fingerprint density at radius 2 is 1.39 bits per heavy atom. The van der Waals surface area contributed by atoms with Gasteiger partial charge >= 0.3 is 0 Å². The first-order chi connectivity index (χ1) is 18.0. The summed E-state index contributed by atoms with van der Waals surface area (Å²) in [6.07, 6.45) is 0. The molecule has 7 nitrogen and oxygen atoms in total. The Bertz CT molecular complexity index is 1330. The third-order valence-electron chi connectivity index (χ3n) is 5.84. The Balaban J connectivity index is 1.98. The van der Waals surface area contributed by atoms with E-state index in [0.29, 0.717) is 12.2 Å². The van der Waals surface area contributed by atoms with Crippen LogP contribution in [0, 0.1) is 5.92 Å². The predicted octanol–water partition coefficient (Wildman–Crippen LogP) is 5.60. The molecule has 0 aliphatic rings. The zero-order valence-corrected chi connectivity index (χ0v) is 25.5. The number of hydrogen-bond donors (Lipinski definition) is 1. The Morgan fingerprint density at radius 3 is 1.95 bits per heavy atom. The summed E-state index contributed by atoms with van der Waals surface area (Å²) >= 11 is 6.79. The third-order valence-corrected chi connectivity index (χ3v) is 8.69. The van der Waals surface area contributed by atoms with E-state index in [4.69, 9.17) is 0 Å². The van der Waals surface area contributed by atoms with E-state index in [1.165, 1.54) is 17.0 Å². The van der Waals surface area contributed by atoms with E-state index in [0.717, 1.165) is 18.8 Å². The molecule has 0 aromatic heterocycles. The normalized spacial score (nSPS) is 12.2. The van der Waals surface area contributed by atoms with Crippen LogP contribution in [0.1, 0.15) is 26.3 Å². The summed E-state index contributed by atoms with van der Waals surface area (Å²) in [4.78, 5) is 28.3. The molecule has 202 valence electrons. The van der Waals surface area contributed by atoms with Gasteiger partial charge in [-0.1, -0.05) is 76.0 Å². The quantitative estimate of drug-likeness (QED) is 0.289. The van der Waals surface area contributed by atoms with Crippen molar-refractivity contribution in [3.63, 3.8) is 0 Å². The number of sulfonamides is 1. The van der Waals surface area contributed by atoms with E-state index >= 15 is 0 Å². The van der Waals surface area contributed by atoms with Crippen LogP contribution in [0.2, 0.25) is 0 Å². The molecule has 2 amide bonds. The number of hydrogen-bond acceptors (Lipinski definition) is 4. The largest absolute Gasteiger partial charge is 0.354 e. The van der Waals surface area contributed by atoms with E-state index in [2.05, 4.69) is 37.2 Å². The molecule has 10 heteroatoms. The lowest BCUT2D eigenvalue weighted by molar-refractivity contribution is -0.139. The molecule has 3 aromatic rings. The van der Waals surface area contributed by atoms with E-state index < -0.39 is 28.5 Å². The Kier molecular flexibility index (Phi) is 10.5. The van der Waals surface area contributed by atoms with E-state index in [-0.39, 0.29) is 23.3 Å². The van der Waals surface area contributed by atoms with E-state index in [1.807, 2.05) is 38.1 Å². The smallest absolute Gasteiger partial charge is 0.264 e. The Hall–Kier alpha value is -2.69. The Morgan fingerprint density at radius 1 is 0.842 bits per heavy atom.